The van der Waals surface area contributed by atoms with Crippen LogP contribution in [0.5, 0.6) is 0 Å². The maximum Gasteiger partial charge on any atom is 0.274 e. The van der Waals surface area contributed by atoms with E-state index in [1.165, 1.54) is 44.2 Å². The van der Waals surface area contributed by atoms with Crippen LogP contribution in [0.1, 0.15) is 40.9 Å². The fourth-order valence-electron chi connectivity index (χ4n) is 2.69. The molecule has 2 rings (SSSR count). The van der Waals surface area contributed by atoms with Crippen LogP contribution in [-0.2, 0) is 4.79 Å². The molecule has 0 aromatic heterocycles. The lowest BCUT2D eigenvalue weighted by Gasteiger charge is -2.32. The van der Waals surface area contributed by atoms with Gasteiger partial charge in [0.1, 0.15) is 12.1 Å². The second-order valence-corrected chi connectivity index (χ2v) is 7.52. The quantitative estimate of drug-likeness (QED) is 0.379. The van der Waals surface area contributed by atoms with E-state index in [-0.39, 0.29) is 16.1 Å². The van der Waals surface area contributed by atoms with Crippen LogP contribution >= 0.6 is 11.6 Å². The first-order valence-corrected chi connectivity index (χ1v) is 9.20. The number of hydrogen-bond acceptors (Lipinski definition) is 7. The Morgan fingerprint density at radius 3 is 2.27 bits per heavy atom. The minimum absolute atomic E-state index is 0.108. The largest absolute Gasteiger partial charge is 0.388 e. The molecule has 0 spiro atoms. The molecule has 0 aliphatic heterocycles. The molecule has 2 aromatic rings. The van der Waals surface area contributed by atoms with Crippen LogP contribution in [0, 0.1) is 29.6 Å². The van der Waals surface area contributed by atoms with Gasteiger partial charge in [0, 0.05) is 11.3 Å². The monoisotopic (exact) mass is 425 g/mol. The molecule has 2 amide bonds. The number of halogens is 1. The Morgan fingerprint density at radius 1 is 1.17 bits per heavy atom. The van der Waals surface area contributed by atoms with E-state index in [0.717, 1.165) is 0 Å². The average Bonchev–Trinajstić information content (AvgIpc) is 2.72. The van der Waals surface area contributed by atoms with E-state index in [9.17, 15) is 14.7 Å². The van der Waals surface area contributed by atoms with Gasteiger partial charge in [-0.05, 0) is 62.7 Å². The topological polar surface area (TPSA) is 143 Å². The summed E-state index contributed by atoms with van der Waals surface area (Å²) in [7, 11) is 0. The van der Waals surface area contributed by atoms with Crippen molar-refractivity contribution in [3.63, 3.8) is 0 Å². The van der Waals surface area contributed by atoms with E-state index < -0.39 is 23.5 Å². The SMILES string of the molecule is Cc1c(NC(C(=O)N(N)C(=O)c2ccc(C#N)cc2)C(C)(C)O)ccc(C#N)c1Cl. The number of carbonyl (C=O) groups excluding carboxylic acids is 2. The first-order valence-electron chi connectivity index (χ1n) is 8.82. The molecule has 0 radical (unpaired) electrons. The molecule has 154 valence electrons. The van der Waals surface area contributed by atoms with E-state index in [1.807, 2.05) is 12.1 Å². The average molecular weight is 426 g/mol. The van der Waals surface area contributed by atoms with Crippen LogP contribution < -0.4 is 11.2 Å². The Hall–Kier alpha value is -3.43. The van der Waals surface area contributed by atoms with Crippen LogP contribution in [0.3, 0.4) is 0 Å². The number of carbonyl (C=O) groups is 2. The van der Waals surface area contributed by atoms with Crippen molar-refractivity contribution < 1.29 is 14.7 Å². The molecule has 0 saturated carbocycles. The van der Waals surface area contributed by atoms with Gasteiger partial charge in [0.15, 0.2) is 0 Å². The lowest BCUT2D eigenvalue weighted by Crippen LogP contribution is -2.57. The first kappa shape index (κ1) is 22.9. The zero-order chi connectivity index (χ0) is 22.6. The fourth-order valence-corrected chi connectivity index (χ4v) is 2.90. The number of rotatable bonds is 5. The van der Waals surface area contributed by atoms with E-state index in [1.54, 1.807) is 13.0 Å². The molecule has 0 aliphatic rings. The third-order valence-corrected chi connectivity index (χ3v) is 4.96. The third kappa shape index (κ3) is 4.76. The summed E-state index contributed by atoms with van der Waals surface area (Å²) in [5, 5.41) is 32.0. The summed E-state index contributed by atoms with van der Waals surface area (Å²) >= 11 is 6.17. The van der Waals surface area contributed by atoms with Crippen LogP contribution in [-0.4, -0.2) is 33.6 Å². The van der Waals surface area contributed by atoms with Crippen molar-refractivity contribution in [1.29, 1.82) is 10.5 Å². The molecule has 0 heterocycles. The van der Waals surface area contributed by atoms with Crippen molar-refractivity contribution in [3.05, 3.63) is 63.7 Å². The van der Waals surface area contributed by atoms with Gasteiger partial charge < -0.3 is 10.4 Å². The third-order valence-electron chi connectivity index (χ3n) is 4.48. The molecule has 1 atom stereocenters. The number of anilines is 1. The molecule has 2 aromatic carbocycles. The zero-order valence-corrected chi connectivity index (χ0v) is 17.4. The van der Waals surface area contributed by atoms with Gasteiger partial charge in [-0.2, -0.15) is 10.5 Å². The lowest BCUT2D eigenvalue weighted by atomic mass is 9.96. The van der Waals surface area contributed by atoms with Gasteiger partial charge in [-0.15, -0.1) is 0 Å². The fraction of sp³-hybridized carbons (Fsp3) is 0.238. The van der Waals surface area contributed by atoms with Gasteiger partial charge >= 0.3 is 0 Å². The van der Waals surface area contributed by atoms with Gasteiger partial charge in [-0.1, -0.05) is 11.6 Å². The molecular weight excluding hydrogens is 406 g/mol. The van der Waals surface area contributed by atoms with Crippen molar-refractivity contribution in [2.75, 3.05) is 5.32 Å². The molecule has 0 saturated heterocycles. The summed E-state index contributed by atoms with van der Waals surface area (Å²) in [6, 6.07) is 11.2. The van der Waals surface area contributed by atoms with Crippen LogP contribution in [0.15, 0.2) is 36.4 Å². The van der Waals surface area contributed by atoms with Gasteiger partial charge in [0.2, 0.25) is 0 Å². The maximum atomic E-state index is 13.0. The Labute approximate surface area is 179 Å². The number of imide groups is 1. The number of nitrogens with one attached hydrogen (secondary N) is 1. The van der Waals surface area contributed by atoms with Crippen molar-refractivity contribution in [1.82, 2.24) is 5.01 Å². The minimum atomic E-state index is -1.60. The Balaban J connectivity index is 2.34. The normalized spacial score (nSPS) is 11.7. The summed E-state index contributed by atoms with van der Waals surface area (Å²) in [5.74, 6) is 4.10. The van der Waals surface area contributed by atoms with Crippen molar-refractivity contribution in [2.45, 2.75) is 32.4 Å². The Morgan fingerprint density at radius 2 is 1.77 bits per heavy atom. The van der Waals surface area contributed by atoms with Gasteiger partial charge in [0.25, 0.3) is 11.8 Å². The molecule has 30 heavy (non-hydrogen) atoms. The summed E-state index contributed by atoms with van der Waals surface area (Å²) in [6.45, 7) is 4.44. The second-order valence-electron chi connectivity index (χ2n) is 7.15. The van der Waals surface area contributed by atoms with Gasteiger partial charge in [0.05, 0.1) is 27.8 Å². The molecular formula is C21H20ClN5O3. The Kier molecular flexibility index (Phi) is 6.81. The highest BCUT2D eigenvalue weighted by molar-refractivity contribution is 6.32. The summed E-state index contributed by atoms with van der Waals surface area (Å²) in [4.78, 5) is 25.6. The highest BCUT2D eigenvalue weighted by Gasteiger charge is 2.38. The van der Waals surface area contributed by atoms with E-state index >= 15 is 0 Å². The predicted molar refractivity (Wildman–Crippen MR) is 111 cm³/mol. The van der Waals surface area contributed by atoms with E-state index in [0.29, 0.717) is 21.8 Å². The number of amides is 2. The molecule has 1 unspecified atom stereocenters. The number of nitrogens with zero attached hydrogens (tertiary/aromatic N) is 3. The van der Waals surface area contributed by atoms with Crippen molar-refractivity contribution in [3.8, 4) is 12.1 Å². The lowest BCUT2D eigenvalue weighted by molar-refractivity contribution is -0.134. The standard InChI is InChI=1S/C21H20ClN5O3/c1-12-16(9-8-15(11-24)17(12)22)26-18(21(2,3)30)20(29)27(25)19(28)14-6-4-13(10-23)5-7-14/h4-9,18,26,30H,25H2,1-3H3. The number of nitrogens with two attached hydrogens (primary N) is 1. The van der Waals surface area contributed by atoms with Crippen molar-refractivity contribution >= 4 is 29.1 Å². The number of hydrogen-bond donors (Lipinski definition) is 3. The number of benzene rings is 2. The maximum absolute atomic E-state index is 13.0. The minimum Gasteiger partial charge on any atom is -0.388 e. The first-order chi connectivity index (χ1) is 14.0. The molecule has 0 fully saturated rings. The van der Waals surface area contributed by atoms with Gasteiger partial charge in [-0.25, -0.2) is 10.9 Å². The predicted octanol–water partition coefficient (Wildman–Crippen LogP) is 2.49. The van der Waals surface area contributed by atoms with Gasteiger partial charge in [-0.3, -0.25) is 9.59 Å². The van der Waals surface area contributed by atoms with Crippen LogP contribution in [0.4, 0.5) is 5.69 Å². The van der Waals surface area contributed by atoms with Crippen molar-refractivity contribution in [2.24, 2.45) is 5.84 Å². The Bertz CT molecular complexity index is 1060. The summed E-state index contributed by atoms with van der Waals surface area (Å²) < 4.78 is 0. The highest BCUT2D eigenvalue weighted by atomic mass is 35.5. The molecule has 9 heteroatoms. The van der Waals surface area contributed by atoms with E-state index in [4.69, 9.17) is 28.0 Å². The molecule has 0 bridgehead atoms. The smallest absolute Gasteiger partial charge is 0.274 e. The summed E-state index contributed by atoms with van der Waals surface area (Å²) in [6.07, 6.45) is 0. The zero-order valence-electron chi connectivity index (χ0n) is 16.6. The van der Waals surface area contributed by atoms with Crippen LogP contribution in [0.2, 0.25) is 5.02 Å². The number of aliphatic hydroxyl groups is 1. The molecule has 0 aliphatic carbocycles. The van der Waals surface area contributed by atoms with E-state index in [2.05, 4.69) is 5.32 Å². The highest BCUT2D eigenvalue weighted by Crippen LogP contribution is 2.29. The van der Waals surface area contributed by atoms with Crippen LogP contribution in [0.25, 0.3) is 0 Å². The number of nitriles is 2. The summed E-state index contributed by atoms with van der Waals surface area (Å²) in [5.41, 5.74) is 0.0234. The molecule has 4 N–H and O–H groups in total. The number of hydrazine groups is 1. The molecule has 8 nitrogen and oxygen atoms in total. The second kappa shape index (κ2) is 8.93.